The molecule has 0 aliphatic rings. The van der Waals surface area contributed by atoms with E-state index < -0.39 is 38.6 Å². The zero-order chi connectivity index (χ0) is 21.1. The van der Waals surface area contributed by atoms with Gasteiger partial charge in [0.05, 0.1) is 27.0 Å². The average molecular weight is 396 g/mol. The second-order valence-electron chi connectivity index (χ2n) is 5.84. The number of hydrogen-bond donors (Lipinski definition) is 3. The van der Waals surface area contributed by atoms with Gasteiger partial charge in [0.1, 0.15) is 5.75 Å². The Morgan fingerprint density at radius 3 is 2.03 bits per heavy atom. The number of carbonyl (C=O) groups excluding carboxylic acids is 2. The lowest BCUT2D eigenvalue weighted by atomic mass is 10.1. The topological polar surface area (TPSA) is 165 Å². The Hall–Kier alpha value is -4.54. The minimum atomic E-state index is -1.01. The summed E-state index contributed by atoms with van der Waals surface area (Å²) in [5.74, 6) is -2.15. The van der Waals surface area contributed by atoms with Crippen molar-refractivity contribution in [2.24, 2.45) is 0 Å². The molecule has 0 fully saturated rings. The zero-order valence-electron chi connectivity index (χ0n) is 14.5. The van der Waals surface area contributed by atoms with Crippen LogP contribution in [0.1, 0.15) is 20.7 Å². The van der Waals surface area contributed by atoms with Gasteiger partial charge in [-0.1, -0.05) is 30.3 Å². The first kappa shape index (κ1) is 19.2. The van der Waals surface area contributed by atoms with Crippen molar-refractivity contribution in [2.75, 3.05) is 0 Å². The Morgan fingerprint density at radius 1 is 0.828 bits per heavy atom. The summed E-state index contributed by atoms with van der Waals surface area (Å²) in [6.07, 6.45) is 0. The van der Waals surface area contributed by atoms with Crippen LogP contribution < -0.4 is 10.9 Å². The second-order valence-corrected chi connectivity index (χ2v) is 5.84. The van der Waals surface area contributed by atoms with Crippen molar-refractivity contribution in [2.45, 2.75) is 0 Å². The number of fused-ring (bicyclic) bond motifs is 1. The lowest BCUT2D eigenvalue weighted by Gasteiger charge is -2.10. The highest BCUT2D eigenvalue weighted by Gasteiger charge is 2.21. The van der Waals surface area contributed by atoms with Gasteiger partial charge in [0.15, 0.2) is 0 Å². The van der Waals surface area contributed by atoms with Gasteiger partial charge in [-0.05, 0) is 11.5 Å². The van der Waals surface area contributed by atoms with Gasteiger partial charge in [-0.15, -0.1) is 0 Å². The molecule has 0 aliphatic carbocycles. The van der Waals surface area contributed by atoms with Gasteiger partial charge >= 0.3 is 0 Å². The summed E-state index contributed by atoms with van der Waals surface area (Å²) in [4.78, 5) is 44.5. The van der Waals surface area contributed by atoms with Crippen molar-refractivity contribution in [1.29, 1.82) is 0 Å². The smallest absolute Gasteiger partial charge is 0.277 e. The second kappa shape index (κ2) is 7.60. The summed E-state index contributed by atoms with van der Waals surface area (Å²) in [7, 11) is 0. The van der Waals surface area contributed by atoms with E-state index in [4.69, 9.17) is 0 Å². The highest BCUT2D eigenvalue weighted by molar-refractivity contribution is 6.05. The molecule has 0 heterocycles. The fourth-order valence-electron chi connectivity index (χ4n) is 2.63. The molecule has 0 atom stereocenters. The predicted molar refractivity (Wildman–Crippen MR) is 100 cm³/mol. The number of carbonyl (C=O) groups is 2. The first-order valence-corrected chi connectivity index (χ1v) is 8.03. The van der Waals surface area contributed by atoms with E-state index in [1.165, 1.54) is 6.07 Å². The number of hydrazine groups is 1. The third-order valence-electron chi connectivity index (χ3n) is 4.02. The highest BCUT2D eigenvalue weighted by Crippen LogP contribution is 2.28. The number of phenolic OH excluding ortho intramolecular Hbond substituents is 1. The molecule has 3 aromatic rings. The molecule has 0 saturated carbocycles. The number of rotatable bonds is 4. The van der Waals surface area contributed by atoms with E-state index in [0.29, 0.717) is 16.8 Å². The van der Waals surface area contributed by atoms with Crippen molar-refractivity contribution in [1.82, 2.24) is 10.9 Å². The molecular weight excluding hydrogens is 384 g/mol. The monoisotopic (exact) mass is 396 g/mol. The molecule has 0 saturated heterocycles. The summed E-state index contributed by atoms with van der Waals surface area (Å²) in [6, 6.07) is 12.1. The van der Waals surface area contributed by atoms with Crippen LogP contribution in [0.5, 0.6) is 5.75 Å². The lowest BCUT2D eigenvalue weighted by molar-refractivity contribution is -0.394. The van der Waals surface area contributed by atoms with Gasteiger partial charge in [0.25, 0.3) is 23.2 Å². The van der Waals surface area contributed by atoms with Crippen LogP contribution in [0.2, 0.25) is 0 Å². The van der Waals surface area contributed by atoms with Gasteiger partial charge < -0.3 is 5.11 Å². The molecule has 0 spiro atoms. The number of phenols is 1. The Morgan fingerprint density at radius 2 is 1.41 bits per heavy atom. The molecule has 0 unspecified atom stereocenters. The maximum atomic E-state index is 12.3. The number of nitro benzene ring substituents is 2. The molecule has 3 rings (SSSR count). The van der Waals surface area contributed by atoms with Crippen LogP contribution in [0.4, 0.5) is 11.4 Å². The fourth-order valence-corrected chi connectivity index (χ4v) is 2.63. The van der Waals surface area contributed by atoms with Crippen LogP contribution in [0, 0.1) is 20.2 Å². The number of nitrogens with zero attached hydrogens (tertiary/aromatic N) is 2. The van der Waals surface area contributed by atoms with Crippen LogP contribution in [-0.4, -0.2) is 26.8 Å². The number of hydrogen-bond acceptors (Lipinski definition) is 7. The summed E-state index contributed by atoms with van der Waals surface area (Å²) in [6.45, 7) is 0. The van der Waals surface area contributed by atoms with Crippen LogP contribution >= 0.6 is 0 Å². The van der Waals surface area contributed by atoms with Gasteiger partial charge in [-0.2, -0.15) is 0 Å². The maximum absolute atomic E-state index is 12.3. The van der Waals surface area contributed by atoms with Crippen LogP contribution in [0.15, 0.2) is 54.6 Å². The highest BCUT2D eigenvalue weighted by atomic mass is 16.6. The zero-order valence-corrected chi connectivity index (χ0v) is 14.5. The number of non-ortho nitro benzene ring substituents is 2. The van der Waals surface area contributed by atoms with E-state index in [1.807, 2.05) is 5.43 Å². The van der Waals surface area contributed by atoms with Crippen LogP contribution in [-0.2, 0) is 0 Å². The van der Waals surface area contributed by atoms with E-state index >= 15 is 0 Å². The van der Waals surface area contributed by atoms with Crippen molar-refractivity contribution < 1.29 is 24.5 Å². The quantitative estimate of drug-likeness (QED) is 0.450. The van der Waals surface area contributed by atoms with Crippen molar-refractivity contribution in [3.8, 4) is 5.75 Å². The number of benzene rings is 3. The SMILES string of the molecule is O=C(NNC(=O)c1ccc2ccccc2c1O)c1cc([N+](=O)[O-])cc([N+](=O)[O-])c1. The Bertz CT molecular complexity index is 1140. The van der Waals surface area contributed by atoms with E-state index in [-0.39, 0.29) is 11.3 Å². The van der Waals surface area contributed by atoms with Gasteiger partial charge in [-0.3, -0.25) is 40.7 Å². The Labute approximate surface area is 161 Å². The van der Waals surface area contributed by atoms with Gasteiger partial charge in [0, 0.05) is 17.5 Å². The Kier molecular flexibility index (Phi) is 5.04. The summed E-state index contributed by atoms with van der Waals surface area (Å²) < 4.78 is 0. The van der Waals surface area contributed by atoms with E-state index in [2.05, 4.69) is 5.43 Å². The summed E-state index contributed by atoms with van der Waals surface area (Å²) >= 11 is 0. The van der Waals surface area contributed by atoms with E-state index in [1.54, 1.807) is 30.3 Å². The third-order valence-corrected chi connectivity index (χ3v) is 4.02. The third kappa shape index (κ3) is 3.93. The average Bonchev–Trinajstić information content (AvgIpc) is 2.71. The molecule has 11 heteroatoms. The van der Waals surface area contributed by atoms with Crippen molar-refractivity contribution in [3.05, 3.63) is 86.0 Å². The number of nitrogens with one attached hydrogen (secondary N) is 2. The molecule has 0 radical (unpaired) electrons. The largest absolute Gasteiger partial charge is 0.506 e. The maximum Gasteiger partial charge on any atom is 0.277 e. The fraction of sp³-hybridized carbons (Fsp3) is 0. The molecule has 29 heavy (non-hydrogen) atoms. The normalized spacial score (nSPS) is 10.3. The van der Waals surface area contributed by atoms with Crippen molar-refractivity contribution in [3.63, 3.8) is 0 Å². The minimum Gasteiger partial charge on any atom is -0.506 e. The molecule has 0 bridgehead atoms. The summed E-state index contributed by atoms with van der Waals surface area (Å²) in [5, 5.41) is 33.2. The molecule has 3 aromatic carbocycles. The molecule has 11 nitrogen and oxygen atoms in total. The van der Waals surface area contributed by atoms with Gasteiger partial charge in [-0.25, -0.2) is 0 Å². The van der Waals surface area contributed by atoms with Crippen LogP contribution in [0.3, 0.4) is 0 Å². The van der Waals surface area contributed by atoms with E-state index in [0.717, 1.165) is 12.1 Å². The first-order valence-electron chi connectivity index (χ1n) is 8.03. The standard InChI is InChI=1S/C18H12N4O7/c23-16-14-4-2-1-3-10(14)5-6-15(16)18(25)20-19-17(24)11-7-12(21(26)27)9-13(8-11)22(28)29/h1-9,23H,(H,19,24)(H,20,25). The molecular formula is C18H12N4O7. The molecule has 0 aromatic heterocycles. The molecule has 146 valence electrons. The molecule has 2 amide bonds. The summed E-state index contributed by atoms with van der Waals surface area (Å²) in [5.41, 5.74) is 2.26. The molecule has 0 aliphatic heterocycles. The van der Waals surface area contributed by atoms with Crippen molar-refractivity contribution >= 4 is 34.0 Å². The minimum absolute atomic E-state index is 0.117. The predicted octanol–water partition coefficient (Wildman–Crippen LogP) is 2.44. The van der Waals surface area contributed by atoms with Gasteiger partial charge in [0.2, 0.25) is 0 Å². The number of amides is 2. The van der Waals surface area contributed by atoms with Crippen LogP contribution in [0.25, 0.3) is 10.8 Å². The first-order chi connectivity index (χ1) is 13.8. The Balaban J connectivity index is 1.80. The number of nitro groups is 2. The lowest BCUT2D eigenvalue weighted by Crippen LogP contribution is -2.41. The number of aromatic hydroxyl groups is 1. The molecule has 3 N–H and O–H groups in total. The van der Waals surface area contributed by atoms with E-state index in [9.17, 15) is 34.9 Å².